The zero-order chi connectivity index (χ0) is 14.8. The van der Waals surface area contributed by atoms with Crippen molar-refractivity contribution in [1.82, 2.24) is 19.9 Å². The molecular formula is C10H12N4O4S2. The number of carbonyl (C=O) groups is 1. The third kappa shape index (κ3) is 3.03. The molecule has 2 aromatic heterocycles. The zero-order valence-corrected chi connectivity index (χ0v) is 12.1. The van der Waals surface area contributed by atoms with E-state index in [1.807, 2.05) is 0 Å². The molecule has 0 aliphatic rings. The summed E-state index contributed by atoms with van der Waals surface area (Å²) in [6, 6.07) is 0. The number of aromatic carboxylic acids is 1. The van der Waals surface area contributed by atoms with Gasteiger partial charge < -0.3 is 5.11 Å². The minimum absolute atomic E-state index is 0.138. The van der Waals surface area contributed by atoms with Crippen LogP contribution in [-0.2, 0) is 16.4 Å². The number of nitrogens with one attached hydrogen (secondary N) is 2. The SMILES string of the molecule is Cc1[nH]nc(C(=O)O)c1S(=O)(=O)NCCc1nccs1. The number of aromatic nitrogens is 3. The second kappa shape index (κ2) is 5.69. The number of sulfonamides is 1. The predicted molar refractivity (Wildman–Crippen MR) is 71.3 cm³/mol. The Hall–Kier alpha value is -1.78. The summed E-state index contributed by atoms with van der Waals surface area (Å²) in [6.45, 7) is 1.59. The molecule has 0 aromatic carbocycles. The summed E-state index contributed by atoms with van der Waals surface area (Å²) in [5.74, 6) is -1.39. The van der Waals surface area contributed by atoms with Crippen LogP contribution in [-0.4, -0.2) is 41.2 Å². The molecule has 0 saturated carbocycles. The molecule has 0 aliphatic carbocycles. The largest absolute Gasteiger partial charge is 0.476 e. The van der Waals surface area contributed by atoms with Gasteiger partial charge in [0.15, 0.2) is 5.69 Å². The molecule has 3 N–H and O–H groups in total. The van der Waals surface area contributed by atoms with Crippen molar-refractivity contribution >= 4 is 27.3 Å². The second-order valence-electron chi connectivity index (χ2n) is 3.91. The van der Waals surface area contributed by atoms with Gasteiger partial charge in [0.2, 0.25) is 10.0 Å². The van der Waals surface area contributed by atoms with Gasteiger partial charge in [-0.05, 0) is 6.92 Å². The maximum atomic E-state index is 12.1. The van der Waals surface area contributed by atoms with E-state index in [4.69, 9.17) is 5.11 Å². The fraction of sp³-hybridized carbons (Fsp3) is 0.300. The molecule has 10 heteroatoms. The summed E-state index contributed by atoms with van der Waals surface area (Å²) in [5.41, 5.74) is -0.326. The van der Waals surface area contributed by atoms with Gasteiger partial charge in [-0.15, -0.1) is 11.3 Å². The molecule has 0 atom stereocenters. The number of carboxylic acid groups (broad SMARTS) is 1. The molecule has 0 fully saturated rings. The van der Waals surface area contributed by atoms with E-state index in [1.165, 1.54) is 18.3 Å². The van der Waals surface area contributed by atoms with Gasteiger partial charge in [0.1, 0.15) is 4.90 Å². The molecule has 0 saturated heterocycles. The van der Waals surface area contributed by atoms with Gasteiger partial charge >= 0.3 is 5.97 Å². The topological polar surface area (TPSA) is 125 Å². The van der Waals surface area contributed by atoms with E-state index in [9.17, 15) is 13.2 Å². The molecule has 0 aliphatic heterocycles. The molecule has 0 bridgehead atoms. The van der Waals surface area contributed by atoms with Crippen molar-refractivity contribution < 1.29 is 18.3 Å². The number of aromatic amines is 1. The zero-order valence-electron chi connectivity index (χ0n) is 10.5. The normalized spacial score (nSPS) is 11.7. The first kappa shape index (κ1) is 14.6. The van der Waals surface area contributed by atoms with Gasteiger partial charge in [0.25, 0.3) is 0 Å². The van der Waals surface area contributed by atoms with Crippen LogP contribution in [0.4, 0.5) is 0 Å². The van der Waals surface area contributed by atoms with Crippen LogP contribution in [0.2, 0.25) is 0 Å². The molecule has 2 heterocycles. The van der Waals surface area contributed by atoms with Crippen LogP contribution in [0.1, 0.15) is 21.2 Å². The number of hydrogen-bond donors (Lipinski definition) is 3. The van der Waals surface area contributed by atoms with E-state index >= 15 is 0 Å². The highest BCUT2D eigenvalue weighted by Crippen LogP contribution is 2.17. The standard InChI is InChI=1S/C10H12N4O4S2/c1-6-9(8(10(15)16)14-13-6)20(17,18)12-3-2-7-11-4-5-19-7/h4-5,12H,2-3H2,1H3,(H,13,14)(H,15,16). The van der Waals surface area contributed by atoms with E-state index in [0.29, 0.717) is 6.42 Å². The van der Waals surface area contributed by atoms with Crippen LogP contribution in [0.3, 0.4) is 0 Å². The lowest BCUT2D eigenvalue weighted by molar-refractivity contribution is 0.0686. The van der Waals surface area contributed by atoms with E-state index in [0.717, 1.165) is 5.01 Å². The number of hydrogen-bond acceptors (Lipinski definition) is 6. The fourth-order valence-electron chi connectivity index (χ4n) is 1.63. The molecule has 0 amide bonds. The van der Waals surface area contributed by atoms with Crippen LogP contribution in [0, 0.1) is 6.92 Å². The molecule has 0 spiro atoms. The molecule has 20 heavy (non-hydrogen) atoms. The highest BCUT2D eigenvalue weighted by atomic mass is 32.2. The van der Waals surface area contributed by atoms with Crippen molar-refractivity contribution in [3.8, 4) is 0 Å². The Balaban J connectivity index is 2.14. The van der Waals surface area contributed by atoms with Crippen LogP contribution in [0.15, 0.2) is 16.5 Å². The van der Waals surface area contributed by atoms with Crippen LogP contribution >= 0.6 is 11.3 Å². The lowest BCUT2D eigenvalue weighted by atomic mass is 10.4. The molecule has 2 rings (SSSR count). The third-order valence-corrected chi connectivity index (χ3v) is 4.94. The van der Waals surface area contributed by atoms with Crippen molar-refractivity contribution in [1.29, 1.82) is 0 Å². The van der Waals surface area contributed by atoms with Crippen molar-refractivity contribution in [2.24, 2.45) is 0 Å². The van der Waals surface area contributed by atoms with Gasteiger partial charge in [-0.25, -0.2) is 22.9 Å². The average Bonchev–Trinajstić information content (AvgIpc) is 2.98. The predicted octanol–water partition coefficient (Wildman–Crippen LogP) is 0.394. The summed E-state index contributed by atoms with van der Waals surface area (Å²) in [5, 5.41) is 17.4. The van der Waals surface area contributed by atoms with E-state index in [1.54, 1.807) is 11.6 Å². The number of rotatable bonds is 6. The number of aryl methyl sites for hydroxylation is 1. The average molecular weight is 316 g/mol. The Labute approximate surface area is 118 Å². The summed E-state index contributed by atoms with van der Waals surface area (Å²) in [4.78, 5) is 14.7. The monoisotopic (exact) mass is 316 g/mol. The minimum atomic E-state index is -3.92. The van der Waals surface area contributed by atoms with Crippen LogP contribution in [0.5, 0.6) is 0 Å². The van der Waals surface area contributed by atoms with Crippen molar-refractivity contribution in [2.45, 2.75) is 18.2 Å². The first-order valence-corrected chi connectivity index (χ1v) is 7.94. The third-order valence-electron chi connectivity index (χ3n) is 2.48. The smallest absolute Gasteiger partial charge is 0.357 e. The van der Waals surface area contributed by atoms with E-state index in [2.05, 4.69) is 19.9 Å². The molecule has 0 radical (unpaired) electrons. The summed E-state index contributed by atoms with van der Waals surface area (Å²) in [6.07, 6.45) is 2.08. The lowest BCUT2D eigenvalue weighted by Gasteiger charge is -2.05. The van der Waals surface area contributed by atoms with Crippen LogP contribution < -0.4 is 4.72 Å². The van der Waals surface area contributed by atoms with Crippen molar-refractivity contribution in [3.63, 3.8) is 0 Å². The molecular weight excluding hydrogens is 304 g/mol. The first-order chi connectivity index (χ1) is 9.42. The Morgan fingerprint density at radius 2 is 2.30 bits per heavy atom. The maximum Gasteiger partial charge on any atom is 0.357 e. The Morgan fingerprint density at radius 1 is 1.55 bits per heavy atom. The highest BCUT2D eigenvalue weighted by Gasteiger charge is 2.27. The second-order valence-corrected chi connectivity index (χ2v) is 6.59. The number of nitrogens with zero attached hydrogens (tertiary/aromatic N) is 2. The Morgan fingerprint density at radius 3 is 2.90 bits per heavy atom. The van der Waals surface area contributed by atoms with Crippen molar-refractivity contribution in [3.05, 3.63) is 28.0 Å². The number of thiazole rings is 1. The van der Waals surface area contributed by atoms with Gasteiger partial charge in [0, 0.05) is 24.5 Å². The molecule has 0 unspecified atom stereocenters. The number of carboxylic acids is 1. The first-order valence-electron chi connectivity index (χ1n) is 5.58. The molecule has 2 aromatic rings. The minimum Gasteiger partial charge on any atom is -0.476 e. The maximum absolute atomic E-state index is 12.1. The Kier molecular flexibility index (Phi) is 4.16. The van der Waals surface area contributed by atoms with E-state index in [-0.39, 0.29) is 17.1 Å². The molecule has 108 valence electrons. The lowest BCUT2D eigenvalue weighted by Crippen LogP contribution is -2.27. The van der Waals surface area contributed by atoms with Gasteiger partial charge in [0.05, 0.1) is 10.7 Å². The summed E-state index contributed by atoms with van der Waals surface area (Å²) >= 11 is 1.42. The summed E-state index contributed by atoms with van der Waals surface area (Å²) < 4.78 is 26.6. The van der Waals surface area contributed by atoms with Gasteiger partial charge in [-0.2, -0.15) is 5.10 Å². The molecule has 8 nitrogen and oxygen atoms in total. The summed E-state index contributed by atoms with van der Waals surface area (Å²) in [7, 11) is -3.92. The van der Waals surface area contributed by atoms with Crippen LogP contribution in [0.25, 0.3) is 0 Å². The quantitative estimate of drug-likeness (QED) is 0.708. The highest BCUT2D eigenvalue weighted by molar-refractivity contribution is 7.89. The van der Waals surface area contributed by atoms with Gasteiger partial charge in [-0.1, -0.05) is 0 Å². The van der Waals surface area contributed by atoms with E-state index < -0.39 is 21.7 Å². The van der Waals surface area contributed by atoms with Gasteiger partial charge in [-0.3, -0.25) is 5.10 Å². The number of H-pyrrole nitrogens is 1. The fourth-order valence-corrected chi connectivity index (χ4v) is 3.61. The van der Waals surface area contributed by atoms with Crippen molar-refractivity contribution in [2.75, 3.05) is 6.54 Å². The Bertz CT molecular complexity index is 706.